The Hall–Kier alpha value is -1.30. The smallest absolute Gasteiger partial charge is 0.161 e. The van der Waals surface area contributed by atoms with Crippen molar-refractivity contribution < 1.29 is 9.47 Å². The summed E-state index contributed by atoms with van der Waals surface area (Å²) >= 11 is 0. The molecule has 1 atom stereocenters. The third-order valence-corrected chi connectivity index (χ3v) is 4.06. The summed E-state index contributed by atoms with van der Waals surface area (Å²) in [6.07, 6.45) is 0.983. The Morgan fingerprint density at radius 2 is 1.83 bits per heavy atom. The molecule has 0 radical (unpaired) electrons. The molecule has 1 rings (SSSR count). The maximum Gasteiger partial charge on any atom is 0.161 e. The zero-order chi connectivity index (χ0) is 17.2. The van der Waals surface area contributed by atoms with Gasteiger partial charge >= 0.3 is 0 Å². The van der Waals surface area contributed by atoms with E-state index < -0.39 is 0 Å². The van der Waals surface area contributed by atoms with Crippen molar-refractivity contribution in [3.63, 3.8) is 0 Å². The summed E-state index contributed by atoms with van der Waals surface area (Å²) in [5, 5.41) is 0. The highest BCUT2D eigenvalue weighted by molar-refractivity contribution is 5.44. The SMILES string of the molecule is CCN(CC)C(CN)c1ccc(OC)c(OCCCN(C)C)c1. The van der Waals surface area contributed by atoms with Crippen LogP contribution < -0.4 is 15.2 Å². The van der Waals surface area contributed by atoms with E-state index in [0.717, 1.165) is 37.6 Å². The van der Waals surface area contributed by atoms with Gasteiger partial charge in [0, 0.05) is 19.1 Å². The zero-order valence-electron chi connectivity index (χ0n) is 15.3. The molecule has 0 aliphatic heterocycles. The molecule has 1 unspecified atom stereocenters. The standard InChI is InChI=1S/C18H33N3O2/c1-6-21(7-2)16(14-19)15-9-10-17(22-5)18(13-15)23-12-8-11-20(3)4/h9-10,13,16H,6-8,11-12,14,19H2,1-5H3. The molecule has 0 saturated heterocycles. The first-order valence-corrected chi connectivity index (χ1v) is 8.46. The highest BCUT2D eigenvalue weighted by Gasteiger charge is 2.18. The molecule has 0 aromatic heterocycles. The first-order valence-electron chi connectivity index (χ1n) is 8.46. The number of hydrogen-bond acceptors (Lipinski definition) is 5. The molecule has 1 aromatic rings. The summed E-state index contributed by atoms with van der Waals surface area (Å²) in [6, 6.07) is 6.34. The number of likely N-dealkylation sites (N-methyl/N-ethyl adjacent to an activating group) is 1. The normalized spacial score (nSPS) is 12.7. The first kappa shape index (κ1) is 19.7. The molecular weight excluding hydrogens is 290 g/mol. The quantitative estimate of drug-likeness (QED) is 0.634. The highest BCUT2D eigenvalue weighted by atomic mass is 16.5. The van der Waals surface area contributed by atoms with Crippen LogP contribution in [0.15, 0.2) is 18.2 Å². The van der Waals surface area contributed by atoms with Gasteiger partial charge in [-0.15, -0.1) is 0 Å². The molecule has 0 aliphatic carbocycles. The number of hydrogen-bond donors (Lipinski definition) is 1. The maximum absolute atomic E-state index is 6.01. The second-order valence-corrected chi connectivity index (χ2v) is 5.89. The fourth-order valence-corrected chi connectivity index (χ4v) is 2.74. The molecule has 0 fully saturated rings. The van der Waals surface area contributed by atoms with Crippen molar-refractivity contribution in [3.8, 4) is 11.5 Å². The number of ether oxygens (including phenoxy) is 2. The van der Waals surface area contributed by atoms with Crippen LogP contribution >= 0.6 is 0 Å². The van der Waals surface area contributed by atoms with Gasteiger partial charge in [0.1, 0.15) is 0 Å². The van der Waals surface area contributed by atoms with Crippen LogP contribution in [0.4, 0.5) is 0 Å². The van der Waals surface area contributed by atoms with Gasteiger partial charge in [0.15, 0.2) is 11.5 Å². The van der Waals surface area contributed by atoms with Crippen LogP contribution in [-0.4, -0.2) is 63.8 Å². The lowest BCUT2D eigenvalue weighted by Gasteiger charge is -2.29. The third kappa shape index (κ3) is 6.01. The van der Waals surface area contributed by atoms with Gasteiger partial charge in [-0.1, -0.05) is 19.9 Å². The fraction of sp³-hybridized carbons (Fsp3) is 0.667. The minimum absolute atomic E-state index is 0.208. The minimum atomic E-state index is 0.208. The summed E-state index contributed by atoms with van der Waals surface area (Å²) in [5.41, 5.74) is 7.19. The van der Waals surface area contributed by atoms with Crippen LogP contribution in [0.5, 0.6) is 11.5 Å². The molecule has 0 saturated carbocycles. The van der Waals surface area contributed by atoms with Crippen molar-refractivity contribution in [2.45, 2.75) is 26.3 Å². The molecule has 0 heterocycles. The molecule has 132 valence electrons. The number of nitrogens with zero attached hydrogens (tertiary/aromatic N) is 2. The van der Waals surface area contributed by atoms with E-state index in [2.05, 4.69) is 49.9 Å². The van der Waals surface area contributed by atoms with Crippen molar-refractivity contribution in [1.29, 1.82) is 0 Å². The Labute approximate surface area is 141 Å². The molecule has 23 heavy (non-hydrogen) atoms. The molecule has 5 heteroatoms. The van der Waals surface area contributed by atoms with Gasteiger partial charge in [-0.3, -0.25) is 4.90 Å². The lowest BCUT2D eigenvalue weighted by molar-refractivity contribution is 0.222. The van der Waals surface area contributed by atoms with Gasteiger partial charge < -0.3 is 20.1 Å². The van der Waals surface area contributed by atoms with E-state index in [1.807, 2.05) is 6.07 Å². The maximum atomic E-state index is 6.01. The fourth-order valence-electron chi connectivity index (χ4n) is 2.74. The van der Waals surface area contributed by atoms with E-state index >= 15 is 0 Å². The summed E-state index contributed by atoms with van der Waals surface area (Å²) in [6.45, 7) is 8.55. The van der Waals surface area contributed by atoms with Crippen molar-refractivity contribution in [1.82, 2.24) is 9.80 Å². The van der Waals surface area contributed by atoms with Crippen LogP contribution in [0.1, 0.15) is 31.9 Å². The van der Waals surface area contributed by atoms with E-state index in [9.17, 15) is 0 Å². The van der Waals surface area contributed by atoms with Gasteiger partial charge in [-0.05, 0) is 51.3 Å². The molecule has 0 bridgehead atoms. The Balaban J connectivity index is 2.87. The number of methoxy groups -OCH3 is 1. The summed E-state index contributed by atoms with van der Waals surface area (Å²) in [5.74, 6) is 1.57. The Morgan fingerprint density at radius 1 is 1.13 bits per heavy atom. The van der Waals surface area contributed by atoms with Crippen LogP contribution in [-0.2, 0) is 0 Å². The van der Waals surface area contributed by atoms with Crippen LogP contribution in [0, 0.1) is 0 Å². The van der Waals surface area contributed by atoms with E-state index in [4.69, 9.17) is 15.2 Å². The summed E-state index contributed by atoms with van der Waals surface area (Å²) < 4.78 is 11.4. The number of benzene rings is 1. The first-order chi connectivity index (χ1) is 11.1. The topological polar surface area (TPSA) is 51.0 Å². The van der Waals surface area contributed by atoms with Gasteiger partial charge in [0.2, 0.25) is 0 Å². The van der Waals surface area contributed by atoms with Crippen molar-refractivity contribution in [3.05, 3.63) is 23.8 Å². The number of nitrogens with two attached hydrogens (primary N) is 1. The number of rotatable bonds is 11. The summed E-state index contributed by atoms with van der Waals surface area (Å²) in [4.78, 5) is 4.51. The Bertz CT molecular complexity index is 448. The second-order valence-electron chi connectivity index (χ2n) is 5.89. The average molecular weight is 323 g/mol. The Kier molecular flexibility index (Phi) is 8.99. The molecule has 5 nitrogen and oxygen atoms in total. The molecular formula is C18H33N3O2. The van der Waals surface area contributed by atoms with Crippen molar-refractivity contribution in [2.75, 3.05) is 54.0 Å². The molecule has 0 spiro atoms. The predicted octanol–water partition coefficient (Wildman–Crippen LogP) is 2.37. The third-order valence-electron chi connectivity index (χ3n) is 4.06. The van der Waals surface area contributed by atoms with Gasteiger partial charge in [-0.25, -0.2) is 0 Å². The molecule has 0 amide bonds. The van der Waals surface area contributed by atoms with E-state index in [-0.39, 0.29) is 6.04 Å². The van der Waals surface area contributed by atoms with E-state index in [1.54, 1.807) is 7.11 Å². The second kappa shape index (κ2) is 10.5. The van der Waals surface area contributed by atoms with Crippen LogP contribution in [0.25, 0.3) is 0 Å². The Morgan fingerprint density at radius 3 is 2.35 bits per heavy atom. The predicted molar refractivity (Wildman–Crippen MR) is 96.4 cm³/mol. The van der Waals surface area contributed by atoms with Crippen LogP contribution in [0.3, 0.4) is 0 Å². The average Bonchev–Trinajstić information content (AvgIpc) is 2.56. The lowest BCUT2D eigenvalue weighted by Crippen LogP contribution is -2.33. The lowest BCUT2D eigenvalue weighted by atomic mass is 10.0. The molecule has 2 N–H and O–H groups in total. The largest absolute Gasteiger partial charge is 0.493 e. The van der Waals surface area contributed by atoms with Gasteiger partial charge in [0.05, 0.1) is 13.7 Å². The van der Waals surface area contributed by atoms with Crippen molar-refractivity contribution in [2.24, 2.45) is 5.73 Å². The molecule has 0 aliphatic rings. The zero-order valence-corrected chi connectivity index (χ0v) is 15.3. The van der Waals surface area contributed by atoms with Gasteiger partial charge in [-0.2, -0.15) is 0 Å². The van der Waals surface area contributed by atoms with Crippen LogP contribution in [0.2, 0.25) is 0 Å². The van der Waals surface area contributed by atoms with E-state index in [1.165, 1.54) is 5.56 Å². The van der Waals surface area contributed by atoms with Crippen molar-refractivity contribution >= 4 is 0 Å². The van der Waals surface area contributed by atoms with E-state index in [0.29, 0.717) is 13.2 Å². The van der Waals surface area contributed by atoms with Gasteiger partial charge in [0.25, 0.3) is 0 Å². The molecule has 1 aromatic carbocycles. The summed E-state index contributed by atoms with van der Waals surface area (Å²) in [7, 11) is 5.81. The monoisotopic (exact) mass is 323 g/mol. The minimum Gasteiger partial charge on any atom is -0.493 e. The highest BCUT2D eigenvalue weighted by Crippen LogP contribution is 2.32.